The minimum absolute atomic E-state index is 0.242. The zero-order valence-corrected chi connectivity index (χ0v) is 17.5. The molecule has 0 fully saturated rings. The third-order valence-electron chi connectivity index (χ3n) is 4.46. The molecule has 3 aromatic rings. The van der Waals surface area contributed by atoms with Gasteiger partial charge < -0.3 is 24.7 Å². The molecular weight excluding hydrogens is 398 g/mol. The van der Waals surface area contributed by atoms with Gasteiger partial charge in [-0.2, -0.15) is 0 Å². The van der Waals surface area contributed by atoms with Crippen molar-refractivity contribution in [2.24, 2.45) is 0 Å². The summed E-state index contributed by atoms with van der Waals surface area (Å²) in [5.41, 5.74) is 3.03. The molecule has 8 heteroatoms. The van der Waals surface area contributed by atoms with Crippen LogP contribution in [-0.4, -0.2) is 36.1 Å². The minimum Gasteiger partial charge on any atom is -0.495 e. The van der Waals surface area contributed by atoms with Crippen LogP contribution >= 0.6 is 0 Å². The molecule has 0 saturated heterocycles. The van der Waals surface area contributed by atoms with Gasteiger partial charge in [-0.15, -0.1) is 0 Å². The quantitative estimate of drug-likeness (QED) is 0.569. The molecule has 8 nitrogen and oxygen atoms in total. The monoisotopic (exact) mass is 421 g/mol. The number of esters is 1. The number of hydrogen-bond acceptors (Lipinski definition) is 5. The van der Waals surface area contributed by atoms with Crippen LogP contribution in [0.5, 0.6) is 5.75 Å². The third kappa shape index (κ3) is 5.51. The Hall–Kier alpha value is -4.07. The molecule has 160 valence electrons. The Balaban J connectivity index is 1.65. The maximum absolute atomic E-state index is 12.4. The topological polar surface area (TPSA) is 98.7 Å². The van der Waals surface area contributed by atoms with E-state index in [0.717, 1.165) is 11.3 Å². The number of rotatable bonds is 7. The number of anilines is 2. The fourth-order valence-electron chi connectivity index (χ4n) is 3.00. The SMILES string of the molecule is COc1ccc(NC(C)=O)cc1NC(=O)COC(=O)c1ccc(C)c(-n2cccc2)c1. The maximum atomic E-state index is 12.4. The van der Waals surface area contributed by atoms with E-state index in [4.69, 9.17) is 9.47 Å². The van der Waals surface area contributed by atoms with Crippen molar-refractivity contribution >= 4 is 29.2 Å². The van der Waals surface area contributed by atoms with Crippen molar-refractivity contribution in [3.8, 4) is 11.4 Å². The number of aryl methyl sites for hydroxylation is 1. The van der Waals surface area contributed by atoms with Gasteiger partial charge >= 0.3 is 5.97 Å². The highest BCUT2D eigenvalue weighted by Gasteiger charge is 2.14. The second kappa shape index (κ2) is 9.62. The van der Waals surface area contributed by atoms with Crippen molar-refractivity contribution in [2.45, 2.75) is 13.8 Å². The molecule has 0 aliphatic rings. The van der Waals surface area contributed by atoms with E-state index >= 15 is 0 Å². The van der Waals surface area contributed by atoms with Gasteiger partial charge in [-0.1, -0.05) is 6.07 Å². The van der Waals surface area contributed by atoms with Gasteiger partial charge in [-0.05, 0) is 55.0 Å². The highest BCUT2D eigenvalue weighted by Crippen LogP contribution is 2.28. The van der Waals surface area contributed by atoms with E-state index in [1.54, 1.807) is 30.3 Å². The largest absolute Gasteiger partial charge is 0.495 e. The number of nitrogens with zero attached hydrogens (tertiary/aromatic N) is 1. The van der Waals surface area contributed by atoms with Gasteiger partial charge in [0.1, 0.15) is 5.75 Å². The van der Waals surface area contributed by atoms with Crippen molar-refractivity contribution in [3.05, 3.63) is 72.1 Å². The molecule has 0 bridgehead atoms. The van der Waals surface area contributed by atoms with Crippen LogP contribution in [0.3, 0.4) is 0 Å². The van der Waals surface area contributed by atoms with E-state index in [1.165, 1.54) is 14.0 Å². The first-order chi connectivity index (χ1) is 14.9. The summed E-state index contributed by atoms with van der Waals surface area (Å²) in [7, 11) is 1.46. The molecule has 0 aliphatic heterocycles. The van der Waals surface area contributed by atoms with Gasteiger partial charge in [-0.25, -0.2) is 4.79 Å². The molecule has 1 aromatic heterocycles. The summed E-state index contributed by atoms with van der Waals surface area (Å²) >= 11 is 0. The van der Waals surface area contributed by atoms with Crippen LogP contribution in [0.25, 0.3) is 5.69 Å². The second-order valence-corrected chi connectivity index (χ2v) is 6.81. The average molecular weight is 421 g/mol. The molecule has 0 saturated carbocycles. The van der Waals surface area contributed by atoms with Crippen molar-refractivity contribution in [3.63, 3.8) is 0 Å². The lowest BCUT2D eigenvalue weighted by Gasteiger charge is -2.13. The first kappa shape index (κ1) is 21.6. The van der Waals surface area contributed by atoms with Crippen molar-refractivity contribution in [2.75, 3.05) is 24.4 Å². The number of benzene rings is 2. The van der Waals surface area contributed by atoms with Gasteiger partial charge in [0.15, 0.2) is 6.61 Å². The number of nitrogens with one attached hydrogen (secondary N) is 2. The number of hydrogen-bond donors (Lipinski definition) is 2. The summed E-state index contributed by atoms with van der Waals surface area (Å²) in [5, 5.41) is 5.26. The zero-order valence-electron chi connectivity index (χ0n) is 17.5. The molecular formula is C23H23N3O5. The number of carbonyl (C=O) groups is 3. The highest BCUT2D eigenvalue weighted by molar-refractivity contribution is 5.97. The molecule has 2 aromatic carbocycles. The van der Waals surface area contributed by atoms with Crippen molar-refractivity contribution in [1.29, 1.82) is 0 Å². The second-order valence-electron chi connectivity index (χ2n) is 6.81. The Morgan fingerprint density at radius 3 is 2.42 bits per heavy atom. The molecule has 0 spiro atoms. The molecule has 0 radical (unpaired) electrons. The predicted octanol–water partition coefficient (Wildman–Crippen LogP) is 3.55. The van der Waals surface area contributed by atoms with Gasteiger partial charge in [0.05, 0.1) is 18.4 Å². The Bertz CT molecular complexity index is 1110. The first-order valence-electron chi connectivity index (χ1n) is 9.54. The lowest BCUT2D eigenvalue weighted by atomic mass is 10.1. The highest BCUT2D eigenvalue weighted by atomic mass is 16.5. The first-order valence-corrected chi connectivity index (χ1v) is 9.54. The summed E-state index contributed by atoms with van der Waals surface area (Å²) in [6.45, 7) is 2.86. The van der Waals surface area contributed by atoms with Gasteiger partial charge in [0.2, 0.25) is 5.91 Å². The summed E-state index contributed by atoms with van der Waals surface area (Å²) in [5.74, 6) is -0.982. The van der Waals surface area contributed by atoms with Crippen molar-refractivity contribution in [1.82, 2.24) is 4.57 Å². The number of ether oxygens (including phenoxy) is 2. The minimum atomic E-state index is -0.609. The Labute approximate surface area is 179 Å². The predicted molar refractivity (Wildman–Crippen MR) is 117 cm³/mol. The molecule has 2 N–H and O–H groups in total. The van der Waals surface area contributed by atoms with Gasteiger partial charge in [-0.3, -0.25) is 9.59 Å². The zero-order chi connectivity index (χ0) is 22.4. The van der Waals surface area contributed by atoms with Crippen LogP contribution in [0, 0.1) is 6.92 Å². The number of amides is 2. The maximum Gasteiger partial charge on any atom is 0.338 e. The number of aromatic nitrogens is 1. The molecule has 2 amide bonds. The van der Waals surface area contributed by atoms with E-state index in [1.807, 2.05) is 42.1 Å². The lowest BCUT2D eigenvalue weighted by molar-refractivity contribution is -0.119. The standard InChI is InChI=1S/C23H23N3O5/c1-15-6-7-17(12-20(15)26-10-4-5-11-26)23(29)31-14-22(28)25-19-13-18(24-16(2)27)8-9-21(19)30-3/h4-13H,14H2,1-3H3,(H,24,27)(H,25,28). The van der Waals surface area contributed by atoms with Gasteiger partial charge in [0, 0.05) is 30.7 Å². The average Bonchev–Trinajstić information content (AvgIpc) is 3.27. The van der Waals surface area contributed by atoms with Crippen LogP contribution in [-0.2, 0) is 14.3 Å². The van der Waals surface area contributed by atoms with Crippen LogP contribution < -0.4 is 15.4 Å². The smallest absolute Gasteiger partial charge is 0.338 e. The molecule has 31 heavy (non-hydrogen) atoms. The summed E-state index contributed by atoms with van der Waals surface area (Å²) < 4.78 is 12.3. The lowest BCUT2D eigenvalue weighted by Crippen LogP contribution is -2.21. The normalized spacial score (nSPS) is 10.3. The van der Waals surface area contributed by atoms with E-state index in [-0.39, 0.29) is 5.91 Å². The van der Waals surface area contributed by atoms with E-state index < -0.39 is 18.5 Å². The van der Waals surface area contributed by atoms with Gasteiger partial charge in [0.25, 0.3) is 5.91 Å². The van der Waals surface area contributed by atoms with Crippen LogP contribution in [0.2, 0.25) is 0 Å². The van der Waals surface area contributed by atoms with E-state index in [2.05, 4.69) is 10.6 Å². The number of methoxy groups -OCH3 is 1. The molecule has 0 atom stereocenters. The fraction of sp³-hybridized carbons (Fsp3) is 0.174. The Morgan fingerprint density at radius 1 is 1.00 bits per heavy atom. The fourth-order valence-corrected chi connectivity index (χ4v) is 3.00. The van der Waals surface area contributed by atoms with Crippen molar-refractivity contribution < 1.29 is 23.9 Å². The van der Waals surface area contributed by atoms with E-state index in [0.29, 0.717) is 22.7 Å². The summed E-state index contributed by atoms with van der Waals surface area (Å²) in [6, 6.07) is 13.8. The molecule has 0 aliphatic carbocycles. The Kier molecular flexibility index (Phi) is 6.71. The number of carbonyl (C=O) groups excluding carboxylic acids is 3. The molecule has 1 heterocycles. The Morgan fingerprint density at radius 2 is 1.74 bits per heavy atom. The summed E-state index contributed by atoms with van der Waals surface area (Å²) in [4.78, 5) is 36.0. The molecule has 0 unspecified atom stereocenters. The van der Waals surface area contributed by atoms with E-state index in [9.17, 15) is 14.4 Å². The third-order valence-corrected chi connectivity index (χ3v) is 4.46. The molecule has 3 rings (SSSR count). The van der Waals surface area contributed by atoms with Crippen LogP contribution in [0.4, 0.5) is 11.4 Å². The summed E-state index contributed by atoms with van der Waals surface area (Å²) in [6.07, 6.45) is 3.76. The van der Waals surface area contributed by atoms with Crippen LogP contribution in [0.1, 0.15) is 22.8 Å². The van der Waals surface area contributed by atoms with Crippen LogP contribution in [0.15, 0.2) is 60.9 Å².